The smallest absolute Gasteiger partial charge is 0.343 e. The molecule has 1 N–H and O–H groups in total. The predicted octanol–water partition coefficient (Wildman–Crippen LogP) is 6.38. The van der Waals surface area contributed by atoms with Crippen molar-refractivity contribution in [3.63, 3.8) is 0 Å². The maximum Gasteiger partial charge on any atom is 0.343 e. The number of methoxy groups -OCH3 is 2. The highest BCUT2D eigenvalue weighted by atomic mass is 32.2. The molecule has 0 aliphatic rings. The van der Waals surface area contributed by atoms with Crippen molar-refractivity contribution in [2.24, 2.45) is 5.92 Å². The molecule has 0 bridgehead atoms. The van der Waals surface area contributed by atoms with Crippen LogP contribution in [0, 0.1) is 11.7 Å². The van der Waals surface area contributed by atoms with Crippen LogP contribution in [0.25, 0.3) is 0 Å². The summed E-state index contributed by atoms with van der Waals surface area (Å²) in [5, 5.41) is 0. The molecule has 0 saturated heterocycles. The summed E-state index contributed by atoms with van der Waals surface area (Å²) in [4.78, 5) is 15.8. The highest BCUT2D eigenvalue weighted by molar-refractivity contribution is 8.00. The summed E-state index contributed by atoms with van der Waals surface area (Å²) in [6, 6.07) is 8.69. The lowest BCUT2D eigenvalue weighted by atomic mass is 9.96. The summed E-state index contributed by atoms with van der Waals surface area (Å²) in [6.45, 7) is 10.3. The van der Waals surface area contributed by atoms with Gasteiger partial charge in [-0.2, -0.15) is 0 Å². The van der Waals surface area contributed by atoms with E-state index in [1.54, 1.807) is 19.2 Å². The third-order valence-electron chi connectivity index (χ3n) is 5.89. The molecule has 0 radical (unpaired) electrons. The Bertz CT molecular complexity index is 936. The van der Waals surface area contributed by atoms with Gasteiger partial charge in [0.05, 0.1) is 19.9 Å². The topological polar surface area (TPSA) is 50.8 Å². The Hall–Kier alpha value is -2.25. The number of hydrogen-bond donors (Lipinski definition) is 1. The Morgan fingerprint density at radius 3 is 2.48 bits per heavy atom. The van der Waals surface area contributed by atoms with Crippen LogP contribution in [0.4, 0.5) is 10.1 Å². The van der Waals surface area contributed by atoms with E-state index < -0.39 is 5.97 Å². The first-order chi connectivity index (χ1) is 15.7. The Kier molecular flexibility index (Phi) is 10.5. The third kappa shape index (κ3) is 7.11. The molecule has 0 aliphatic heterocycles. The van der Waals surface area contributed by atoms with E-state index in [-0.39, 0.29) is 11.7 Å². The van der Waals surface area contributed by atoms with Gasteiger partial charge in [0.25, 0.3) is 0 Å². The van der Waals surface area contributed by atoms with Gasteiger partial charge in [0, 0.05) is 11.4 Å². The fourth-order valence-corrected chi connectivity index (χ4v) is 4.60. The summed E-state index contributed by atoms with van der Waals surface area (Å²) in [5.74, 6) is 0.403. The number of ether oxygens (including phenoxy) is 2. The van der Waals surface area contributed by atoms with Gasteiger partial charge in [-0.25, -0.2) is 9.18 Å². The van der Waals surface area contributed by atoms with Gasteiger partial charge < -0.3 is 19.1 Å². The highest BCUT2D eigenvalue weighted by Crippen LogP contribution is 2.38. The van der Waals surface area contributed by atoms with E-state index in [1.165, 1.54) is 25.1 Å². The molecule has 2 aromatic rings. The molecule has 33 heavy (non-hydrogen) atoms. The van der Waals surface area contributed by atoms with Gasteiger partial charge in [0.1, 0.15) is 17.1 Å². The fourth-order valence-electron chi connectivity index (χ4n) is 3.80. The van der Waals surface area contributed by atoms with Crippen molar-refractivity contribution < 1.29 is 18.7 Å². The molecular formula is C26H37FN2O3S. The zero-order valence-corrected chi connectivity index (χ0v) is 21.6. The van der Waals surface area contributed by atoms with Crippen LogP contribution < -0.4 is 9.46 Å². The highest BCUT2D eigenvalue weighted by Gasteiger charge is 2.23. The van der Waals surface area contributed by atoms with E-state index in [0.717, 1.165) is 42.0 Å². The second-order valence-electron chi connectivity index (χ2n) is 8.55. The summed E-state index contributed by atoms with van der Waals surface area (Å²) >= 11 is 1.37. The van der Waals surface area contributed by atoms with Crippen LogP contribution in [-0.2, 0) is 11.2 Å². The fraction of sp³-hybridized carbons (Fsp3) is 0.500. The summed E-state index contributed by atoms with van der Waals surface area (Å²) in [5.41, 5.74) is 2.84. The number of hydrogen-bond acceptors (Lipinski definition) is 6. The number of anilines is 1. The number of halogens is 1. The lowest BCUT2D eigenvalue weighted by Crippen LogP contribution is -2.26. The van der Waals surface area contributed by atoms with Crippen LogP contribution in [0.15, 0.2) is 35.2 Å². The number of nitrogens with one attached hydrogen (secondary N) is 1. The molecular weight excluding hydrogens is 439 g/mol. The van der Waals surface area contributed by atoms with Crippen molar-refractivity contribution in [1.29, 1.82) is 0 Å². The molecule has 0 aromatic heterocycles. The predicted molar refractivity (Wildman–Crippen MR) is 135 cm³/mol. The molecule has 2 rings (SSSR count). The quantitative estimate of drug-likeness (QED) is 0.283. The van der Waals surface area contributed by atoms with Crippen molar-refractivity contribution >= 4 is 23.6 Å². The number of rotatable bonds is 12. The minimum absolute atomic E-state index is 0.181. The van der Waals surface area contributed by atoms with E-state index >= 15 is 0 Å². The molecule has 0 saturated carbocycles. The van der Waals surface area contributed by atoms with Crippen LogP contribution >= 0.6 is 11.9 Å². The van der Waals surface area contributed by atoms with Gasteiger partial charge in [0.15, 0.2) is 0 Å². The second-order valence-corrected chi connectivity index (χ2v) is 9.39. The first-order valence-corrected chi connectivity index (χ1v) is 12.3. The monoisotopic (exact) mass is 476 g/mol. The molecule has 0 amide bonds. The molecule has 0 spiro atoms. The second kappa shape index (κ2) is 12.8. The molecule has 0 aliphatic carbocycles. The van der Waals surface area contributed by atoms with E-state index in [0.29, 0.717) is 22.9 Å². The number of carbonyl (C=O) groups is 1. The third-order valence-corrected chi connectivity index (χ3v) is 6.83. The number of benzene rings is 2. The SMILES string of the molecule is CCC(Cc1cc(F)ccc1SNc1ccc(C(C)C)c(OC)c1C(=O)OC)CN(C)CC. The molecule has 2 aromatic carbocycles. The standard InChI is InChI=1S/C26H37FN2O3S/c1-8-18(16-29(5)9-2)14-19-15-20(27)10-13-23(19)33-28-22-12-11-21(17(3)4)25(31-6)24(22)26(30)32-7/h10-13,15,17-18,28H,8-9,14,16H2,1-7H3. The molecule has 0 heterocycles. The number of carbonyl (C=O) groups excluding carboxylic acids is 1. The van der Waals surface area contributed by atoms with E-state index in [1.807, 2.05) is 26.0 Å². The Labute approximate surface area is 202 Å². The molecule has 0 fully saturated rings. The van der Waals surface area contributed by atoms with Crippen LogP contribution in [-0.4, -0.2) is 45.2 Å². The molecule has 1 unspecified atom stereocenters. The molecule has 182 valence electrons. The van der Waals surface area contributed by atoms with E-state index in [9.17, 15) is 9.18 Å². The van der Waals surface area contributed by atoms with Gasteiger partial charge in [-0.1, -0.05) is 40.2 Å². The normalized spacial score (nSPS) is 12.2. The van der Waals surface area contributed by atoms with Crippen molar-refractivity contribution in [1.82, 2.24) is 4.90 Å². The first kappa shape index (κ1) is 27.0. The van der Waals surface area contributed by atoms with Gasteiger partial charge >= 0.3 is 5.97 Å². The maximum atomic E-state index is 14.1. The van der Waals surface area contributed by atoms with Crippen LogP contribution in [0.3, 0.4) is 0 Å². The van der Waals surface area contributed by atoms with Crippen molar-refractivity contribution in [2.45, 2.75) is 51.3 Å². The lowest BCUT2D eigenvalue weighted by molar-refractivity contribution is 0.0598. The van der Waals surface area contributed by atoms with Crippen LogP contribution in [0.1, 0.15) is 61.5 Å². The van der Waals surface area contributed by atoms with Crippen molar-refractivity contribution in [2.75, 3.05) is 39.1 Å². The lowest BCUT2D eigenvalue weighted by Gasteiger charge is -2.23. The largest absolute Gasteiger partial charge is 0.495 e. The van der Waals surface area contributed by atoms with Crippen molar-refractivity contribution in [3.8, 4) is 5.75 Å². The summed E-state index contributed by atoms with van der Waals surface area (Å²) in [6.07, 6.45) is 1.79. The van der Waals surface area contributed by atoms with Gasteiger partial charge in [-0.15, -0.1) is 0 Å². The number of esters is 1. The average Bonchev–Trinajstić information content (AvgIpc) is 2.81. The van der Waals surface area contributed by atoms with E-state index in [4.69, 9.17) is 9.47 Å². The summed E-state index contributed by atoms with van der Waals surface area (Å²) in [7, 11) is 5.02. The average molecular weight is 477 g/mol. The first-order valence-electron chi connectivity index (χ1n) is 11.4. The Balaban J connectivity index is 2.35. The van der Waals surface area contributed by atoms with Crippen LogP contribution in [0.5, 0.6) is 5.75 Å². The molecule has 1 atom stereocenters. The van der Waals surface area contributed by atoms with Crippen LogP contribution in [0.2, 0.25) is 0 Å². The Morgan fingerprint density at radius 1 is 1.18 bits per heavy atom. The molecule has 7 heteroatoms. The Morgan fingerprint density at radius 2 is 1.91 bits per heavy atom. The molecule has 5 nitrogen and oxygen atoms in total. The zero-order valence-electron chi connectivity index (χ0n) is 20.8. The zero-order chi connectivity index (χ0) is 24.5. The maximum absolute atomic E-state index is 14.1. The van der Waals surface area contributed by atoms with Gasteiger partial charge in [0.2, 0.25) is 0 Å². The van der Waals surface area contributed by atoms with E-state index in [2.05, 4.69) is 30.5 Å². The summed E-state index contributed by atoms with van der Waals surface area (Å²) < 4.78 is 28.0. The van der Waals surface area contributed by atoms with Gasteiger partial charge in [-0.05, 0) is 79.2 Å². The van der Waals surface area contributed by atoms with Crippen molar-refractivity contribution in [3.05, 3.63) is 52.8 Å². The minimum Gasteiger partial charge on any atom is -0.495 e. The van der Waals surface area contributed by atoms with Gasteiger partial charge in [-0.3, -0.25) is 0 Å². The number of nitrogens with zero attached hydrogens (tertiary/aromatic N) is 1. The minimum atomic E-state index is -0.467.